The van der Waals surface area contributed by atoms with Crippen LogP contribution in [0.2, 0.25) is 0 Å². The maximum absolute atomic E-state index is 13.7. The lowest BCUT2D eigenvalue weighted by atomic mass is 10.1. The van der Waals surface area contributed by atoms with Crippen LogP contribution in [0.3, 0.4) is 0 Å². The molecule has 0 saturated carbocycles. The Bertz CT molecular complexity index is 1320. The Kier molecular flexibility index (Phi) is 8.58. The Morgan fingerprint density at radius 2 is 1.87 bits per heavy atom. The summed E-state index contributed by atoms with van der Waals surface area (Å²) >= 11 is 0. The highest BCUT2D eigenvalue weighted by Crippen LogP contribution is 2.33. The summed E-state index contributed by atoms with van der Waals surface area (Å²) < 4.78 is 49.0. The number of pyridine rings is 1. The molecule has 0 bridgehead atoms. The minimum absolute atomic E-state index is 0.0626. The maximum atomic E-state index is 13.7. The molecule has 0 spiro atoms. The minimum atomic E-state index is -4.04. The Hall–Kier alpha value is -3.16. The summed E-state index contributed by atoms with van der Waals surface area (Å²) in [6.07, 6.45) is 3.75. The predicted molar refractivity (Wildman–Crippen MR) is 141 cm³/mol. The van der Waals surface area contributed by atoms with Gasteiger partial charge in [-0.2, -0.15) is 0 Å². The van der Waals surface area contributed by atoms with Gasteiger partial charge >= 0.3 is 0 Å². The molecule has 0 amide bonds. The van der Waals surface area contributed by atoms with Crippen molar-refractivity contribution in [3.05, 3.63) is 42.0 Å². The molecular formula is C25H35N7O5S. The van der Waals surface area contributed by atoms with Gasteiger partial charge < -0.3 is 14.2 Å². The van der Waals surface area contributed by atoms with Crippen LogP contribution in [0, 0.1) is 6.92 Å². The fourth-order valence-electron chi connectivity index (χ4n) is 4.33. The zero-order chi connectivity index (χ0) is 27.4. The van der Waals surface area contributed by atoms with Gasteiger partial charge in [0.2, 0.25) is 21.9 Å². The van der Waals surface area contributed by atoms with Crippen molar-refractivity contribution in [2.45, 2.75) is 77.1 Å². The first-order valence-corrected chi connectivity index (χ1v) is 14.2. The first-order chi connectivity index (χ1) is 18.1. The summed E-state index contributed by atoms with van der Waals surface area (Å²) in [6, 6.07) is 5.01. The van der Waals surface area contributed by atoms with Crippen molar-refractivity contribution in [1.29, 1.82) is 0 Å². The van der Waals surface area contributed by atoms with E-state index in [9.17, 15) is 8.42 Å². The number of ether oxygens (including phenoxy) is 3. The van der Waals surface area contributed by atoms with Crippen molar-refractivity contribution >= 4 is 16.0 Å². The van der Waals surface area contributed by atoms with Crippen molar-refractivity contribution in [3.63, 3.8) is 0 Å². The molecule has 4 heterocycles. The van der Waals surface area contributed by atoms with Crippen LogP contribution in [-0.2, 0) is 19.5 Å². The van der Waals surface area contributed by atoms with Gasteiger partial charge in [-0.05, 0) is 59.1 Å². The van der Waals surface area contributed by atoms with E-state index in [1.807, 2.05) is 27.7 Å². The van der Waals surface area contributed by atoms with E-state index in [2.05, 4.69) is 29.9 Å². The first-order valence-electron chi connectivity index (χ1n) is 12.6. The number of hydrogen-bond acceptors (Lipinski definition) is 10. The van der Waals surface area contributed by atoms with Gasteiger partial charge in [0.1, 0.15) is 17.0 Å². The van der Waals surface area contributed by atoms with Crippen molar-refractivity contribution in [2.24, 2.45) is 0 Å². The van der Waals surface area contributed by atoms with Crippen LogP contribution in [0.1, 0.15) is 64.1 Å². The maximum Gasteiger partial charge on any atom is 0.240 e. The van der Waals surface area contributed by atoms with Crippen LogP contribution in [0.15, 0.2) is 30.6 Å². The fraction of sp³-hybridized carbons (Fsp3) is 0.560. The molecule has 4 atom stereocenters. The second kappa shape index (κ2) is 11.7. The number of hydrogen-bond donors (Lipinski definition) is 1. The lowest BCUT2D eigenvalue weighted by Crippen LogP contribution is -2.35. The number of methoxy groups -OCH3 is 1. The molecular weight excluding hydrogens is 510 g/mol. The predicted octanol–water partition coefficient (Wildman–Crippen LogP) is 3.48. The topological polar surface area (TPSA) is 143 Å². The van der Waals surface area contributed by atoms with Crippen LogP contribution < -0.4 is 9.46 Å². The SMILES string of the molecule is COc1cccc(-c2nnc(NS(=O)(=O)[C@@H](C)[C@@H](OC(C)C)c3ncc(C)cn3)n2[C@@H](C)C2CCCO2)n1. The molecule has 1 aliphatic rings. The van der Waals surface area contributed by atoms with E-state index in [0.29, 0.717) is 24.0 Å². The highest BCUT2D eigenvalue weighted by atomic mass is 32.2. The van der Waals surface area contributed by atoms with Crippen molar-refractivity contribution in [3.8, 4) is 17.4 Å². The molecule has 1 aliphatic heterocycles. The molecule has 1 N–H and O–H groups in total. The summed E-state index contributed by atoms with van der Waals surface area (Å²) in [5, 5.41) is 7.50. The Labute approximate surface area is 223 Å². The Morgan fingerprint density at radius 3 is 2.50 bits per heavy atom. The van der Waals surface area contributed by atoms with Crippen molar-refractivity contribution in [2.75, 3.05) is 18.4 Å². The van der Waals surface area contributed by atoms with Gasteiger partial charge in [-0.3, -0.25) is 9.29 Å². The second-order valence-corrected chi connectivity index (χ2v) is 11.7. The summed E-state index contributed by atoms with van der Waals surface area (Å²) in [4.78, 5) is 13.2. The number of nitrogens with one attached hydrogen (secondary N) is 1. The number of aromatic nitrogens is 6. The number of sulfonamides is 1. The molecule has 0 aliphatic carbocycles. The van der Waals surface area contributed by atoms with Gasteiger partial charge in [-0.15, -0.1) is 10.2 Å². The first kappa shape index (κ1) is 27.9. The normalized spacial score (nSPS) is 18.3. The molecule has 3 aromatic heterocycles. The number of anilines is 1. The average Bonchev–Trinajstić information content (AvgIpc) is 3.57. The molecule has 1 fully saturated rings. The molecule has 0 aromatic carbocycles. The van der Waals surface area contributed by atoms with Gasteiger partial charge in [-0.1, -0.05) is 6.07 Å². The number of rotatable bonds is 11. The zero-order valence-corrected chi connectivity index (χ0v) is 23.3. The van der Waals surface area contributed by atoms with E-state index in [0.717, 1.165) is 18.4 Å². The molecule has 1 saturated heterocycles. The molecule has 0 radical (unpaired) electrons. The van der Waals surface area contributed by atoms with Crippen molar-refractivity contribution < 1.29 is 22.6 Å². The third-order valence-corrected chi connectivity index (χ3v) is 8.08. The van der Waals surface area contributed by atoms with Gasteiger partial charge in [0.05, 0.1) is 25.4 Å². The quantitative estimate of drug-likeness (QED) is 0.380. The zero-order valence-electron chi connectivity index (χ0n) is 22.5. The smallest absolute Gasteiger partial charge is 0.240 e. The van der Waals surface area contributed by atoms with E-state index in [1.165, 1.54) is 7.11 Å². The summed E-state index contributed by atoms with van der Waals surface area (Å²) in [7, 11) is -2.51. The number of nitrogens with zero attached hydrogens (tertiary/aromatic N) is 6. The summed E-state index contributed by atoms with van der Waals surface area (Å²) in [5.41, 5.74) is 1.36. The molecule has 206 valence electrons. The van der Waals surface area contributed by atoms with E-state index in [-0.39, 0.29) is 30.0 Å². The van der Waals surface area contributed by atoms with E-state index < -0.39 is 21.4 Å². The van der Waals surface area contributed by atoms with E-state index >= 15 is 0 Å². The van der Waals surface area contributed by atoms with Crippen LogP contribution in [0.4, 0.5) is 5.95 Å². The third-order valence-electron chi connectivity index (χ3n) is 6.39. The van der Waals surface area contributed by atoms with Crippen LogP contribution >= 0.6 is 0 Å². The largest absolute Gasteiger partial charge is 0.481 e. The standard InChI is InChI=1S/C25H35N7O5S/c1-15(2)37-22(23-26-13-16(3)14-27-23)18(5)38(33,34)31-25-30-29-24(19-9-7-11-21(28-19)35-6)32(25)17(4)20-10-8-12-36-20/h7,9,11,13-15,17-18,20,22H,8,10,12H2,1-6H3,(H,30,31)/t17-,18-,20?,22+/m0/s1. The molecule has 4 rings (SSSR count). The van der Waals surface area contributed by atoms with Gasteiger partial charge in [-0.25, -0.2) is 23.4 Å². The summed E-state index contributed by atoms with van der Waals surface area (Å²) in [5.74, 6) is 1.16. The minimum Gasteiger partial charge on any atom is -0.481 e. The van der Waals surface area contributed by atoms with E-state index in [1.54, 1.807) is 42.1 Å². The molecule has 1 unspecified atom stereocenters. The molecule has 38 heavy (non-hydrogen) atoms. The third kappa shape index (κ3) is 6.11. The Morgan fingerprint density at radius 1 is 1.13 bits per heavy atom. The monoisotopic (exact) mass is 545 g/mol. The van der Waals surface area contributed by atoms with Gasteiger partial charge in [0.25, 0.3) is 0 Å². The van der Waals surface area contributed by atoms with Crippen LogP contribution in [-0.4, -0.2) is 69.3 Å². The lowest BCUT2D eigenvalue weighted by molar-refractivity contribution is 0.00152. The summed E-state index contributed by atoms with van der Waals surface area (Å²) in [6.45, 7) is 9.69. The Balaban J connectivity index is 1.71. The average molecular weight is 546 g/mol. The van der Waals surface area contributed by atoms with E-state index in [4.69, 9.17) is 14.2 Å². The lowest BCUT2D eigenvalue weighted by Gasteiger charge is -2.27. The van der Waals surface area contributed by atoms with Crippen LogP contribution in [0.5, 0.6) is 5.88 Å². The highest BCUT2D eigenvalue weighted by Gasteiger charge is 2.37. The molecule has 13 heteroatoms. The van der Waals surface area contributed by atoms with Gasteiger partial charge in [0, 0.05) is 25.1 Å². The molecule has 12 nitrogen and oxygen atoms in total. The van der Waals surface area contributed by atoms with Crippen molar-refractivity contribution in [1.82, 2.24) is 29.7 Å². The second-order valence-electron chi connectivity index (χ2n) is 9.65. The number of aryl methyl sites for hydroxylation is 1. The highest BCUT2D eigenvalue weighted by molar-refractivity contribution is 7.93. The van der Waals surface area contributed by atoms with Crippen LogP contribution in [0.25, 0.3) is 11.5 Å². The molecule has 3 aromatic rings. The van der Waals surface area contributed by atoms with Gasteiger partial charge in [0.15, 0.2) is 11.6 Å². The fourth-order valence-corrected chi connectivity index (χ4v) is 5.42.